The third-order valence-electron chi connectivity index (χ3n) is 6.79. The zero-order chi connectivity index (χ0) is 22.4. The van der Waals surface area contributed by atoms with Crippen LogP contribution in [-0.2, 0) is 25.2 Å². The monoisotopic (exact) mass is 432 g/mol. The van der Waals surface area contributed by atoms with Crippen LogP contribution in [0.3, 0.4) is 0 Å². The Morgan fingerprint density at radius 1 is 1.07 bits per heavy atom. The van der Waals surface area contributed by atoms with Gasteiger partial charge in [0.1, 0.15) is 5.78 Å². The van der Waals surface area contributed by atoms with Gasteiger partial charge >= 0.3 is 5.97 Å². The van der Waals surface area contributed by atoms with Gasteiger partial charge in [0.15, 0.2) is 8.32 Å². The summed E-state index contributed by atoms with van der Waals surface area (Å²) in [7, 11) is -0.413. The van der Waals surface area contributed by atoms with E-state index < -0.39 is 8.32 Å². The number of Topliss-reactive ketones (excluding diaryl/α,β-unsaturated/α-hetero) is 1. The number of carbonyl (C=O) groups excluding carboxylic acids is 2. The summed E-state index contributed by atoms with van der Waals surface area (Å²) in [6.07, 6.45) is 7.16. The molecule has 5 heteroatoms. The number of hydrogen-bond donors (Lipinski definition) is 0. The summed E-state index contributed by atoms with van der Waals surface area (Å²) in [6, 6.07) is 8.59. The van der Waals surface area contributed by atoms with Gasteiger partial charge in [0.2, 0.25) is 0 Å². The molecule has 1 aliphatic rings. The van der Waals surface area contributed by atoms with Crippen LogP contribution in [0.2, 0.25) is 18.1 Å². The van der Waals surface area contributed by atoms with Crippen molar-refractivity contribution in [3.63, 3.8) is 0 Å². The Labute approximate surface area is 183 Å². The number of benzene rings is 1. The second kappa shape index (κ2) is 10.7. The van der Waals surface area contributed by atoms with E-state index in [1.165, 1.54) is 12.7 Å². The van der Waals surface area contributed by atoms with Crippen LogP contribution in [0, 0.1) is 0 Å². The first-order valence-corrected chi connectivity index (χ1v) is 14.3. The number of esters is 1. The van der Waals surface area contributed by atoms with E-state index in [9.17, 15) is 9.59 Å². The molecule has 0 N–H and O–H groups in total. The first-order valence-electron chi connectivity index (χ1n) is 11.4. The fourth-order valence-electron chi connectivity index (χ4n) is 3.82. The van der Waals surface area contributed by atoms with E-state index >= 15 is 0 Å². The molecule has 0 bridgehead atoms. The lowest BCUT2D eigenvalue weighted by Gasteiger charge is -2.38. The van der Waals surface area contributed by atoms with E-state index in [0.29, 0.717) is 18.6 Å². The minimum atomic E-state index is -1.85. The summed E-state index contributed by atoms with van der Waals surface area (Å²) >= 11 is 0. The average Bonchev–Trinajstić information content (AvgIpc) is 3.03. The lowest BCUT2D eigenvalue weighted by molar-refractivity contribution is -0.140. The summed E-state index contributed by atoms with van der Waals surface area (Å²) in [6.45, 7) is 11.2. The molecule has 4 nitrogen and oxygen atoms in total. The van der Waals surface area contributed by atoms with Gasteiger partial charge in [0.25, 0.3) is 0 Å². The summed E-state index contributed by atoms with van der Waals surface area (Å²) < 4.78 is 11.2. The van der Waals surface area contributed by atoms with E-state index in [4.69, 9.17) is 4.43 Å². The van der Waals surface area contributed by atoms with Crippen LogP contribution in [0.4, 0.5) is 0 Å². The van der Waals surface area contributed by atoms with Crippen molar-refractivity contribution in [2.24, 2.45) is 0 Å². The van der Waals surface area contributed by atoms with Crippen molar-refractivity contribution in [2.75, 3.05) is 7.11 Å². The highest BCUT2D eigenvalue weighted by molar-refractivity contribution is 6.74. The molecule has 0 aromatic heterocycles. The molecule has 0 spiro atoms. The van der Waals surface area contributed by atoms with Gasteiger partial charge < -0.3 is 9.16 Å². The first-order chi connectivity index (χ1) is 14.0. The Morgan fingerprint density at radius 3 is 2.30 bits per heavy atom. The Hall–Kier alpha value is -1.46. The van der Waals surface area contributed by atoms with Crippen molar-refractivity contribution in [1.82, 2.24) is 0 Å². The maximum Gasteiger partial charge on any atom is 0.305 e. The lowest BCUT2D eigenvalue weighted by Crippen LogP contribution is -2.43. The number of ketones is 1. The Kier molecular flexibility index (Phi) is 8.86. The Morgan fingerprint density at radius 2 is 1.70 bits per heavy atom. The summed E-state index contributed by atoms with van der Waals surface area (Å²) in [5.41, 5.74) is 2.44. The van der Waals surface area contributed by atoms with Gasteiger partial charge in [-0.3, -0.25) is 9.59 Å². The summed E-state index contributed by atoms with van der Waals surface area (Å²) in [5, 5.41) is 0.162. The number of carbonyl (C=O) groups is 2. The third-order valence-corrected chi connectivity index (χ3v) is 11.3. The van der Waals surface area contributed by atoms with Crippen LogP contribution in [-0.4, -0.2) is 33.3 Å². The highest BCUT2D eigenvalue weighted by Crippen LogP contribution is 2.41. The van der Waals surface area contributed by atoms with Gasteiger partial charge in [-0.1, -0.05) is 57.9 Å². The molecule has 1 aliphatic carbocycles. The predicted molar refractivity (Wildman–Crippen MR) is 124 cm³/mol. The fourth-order valence-corrected chi connectivity index (χ4v) is 5.19. The predicted octanol–water partition coefficient (Wildman–Crippen LogP) is 6.19. The largest absolute Gasteiger partial charge is 0.469 e. The Balaban J connectivity index is 1.80. The van der Waals surface area contributed by atoms with Crippen molar-refractivity contribution in [3.05, 3.63) is 35.4 Å². The van der Waals surface area contributed by atoms with E-state index in [2.05, 4.69) is 62.9 Å². The van der Waals surface area contributed by atoms with E-state index in [1.807, 2.05) is 0 Å². The maximum absolute atomic E-state index is 12.7. The van der Waals surface area contributed by atoms with Crippen LogP contribution in [0.15, 0.2) is 24.3 Å². The molecule has 1 fully saturated rings. The smallest absolute Gasteiger partial charge is 0.305 e. The lowest BCUT2D eigenvalue weighted by atomic mass is 9.95. The Bertz CT molecular complexity index is 703. The van der Waals surface area contributed by atoms with Gasteiger partial charge in [0, 0.05) is 18.8 Å². The van der Waals surface area contributed by atoms with Crippen LogP contribution in [0.1, 0.15) is 82.8 Å². The molecule has 0 amide bonds. The minimum absolute atomic E-state index is 0.0212. The standard InChI is InChI=1S/C25H40O4Si/c1-25(2,3)30(5,6)29-21-17-22(23(26)18-21)20-15-13-19(14-16-20)11-9-7-8-10-12-24(27)28-4/h13-16,21-22H,7-12,17-18H2,1-6H3. The second-order valence-electron chi connectivity index (χ2n) is 10.2. The highest BCUT2D eigenvalue weighted by atomic mass is 28.4. The molecule has 1 saturated carbocycles. The van der Waals surface area contributed by atoms with Crippen molar-refractivity contribution in [2.45, 2.75) is 102 Å². The molecule has 2 unspecified atom stereocenters. The topological polar surface area (TPSA) is 52.6 Å². The highest BCUT2D eigenvalue weighted by Gasteiger charge is 2.43. The van der Waals surface area contributed by atoms with Crippen LogP contribution < -0.4 is 0 Å². The van der Waals surface area contributed by atoms with E-state index in [0.717, 1.165) is 44.1 Å². The molecule has 168 valence electrons. The van der Waals surface area contributed by atoms with Crippen LogP contribution in [0.25, 0.3) is 0 Å². The molecule has 0 saturated heterocycles. The van der Waals surface area contributed by atoms with Crippen molar-refractivity contribution in [3.8, 4) is 0 Å². The van der Waals surface area contributed by atoms with Crippen LogP contribution in [0.5, 0.6) is 0 Å². The van der Waals surface area contributed by atoms with Gasteiger partial charge in [-0.25, -0.2) is 0 Å². The van der Waals surface area contributed by atoms with Crippen LogP contribution >= 0.6 is 0 Å². The normalized spacial score (nSPS) is 19.9. The third kappa shape index (κ3) is 7.05. The van der Waals surface area contributed by atoms with Gasteiger partial charge in [0.05, 0.1) is 13.2 Å². The molecule has 1 aromatic carbocycles. The van der Waals surface area contributed by atoms with Gasteiger partial charge in [-0.05, 0) is 54.9 Å². The quantitative estimate of drug-likeness (QED) is 0.251. The summed E-state index contributed by atoms with van der Waals surface area (Å²) in [4.78, 5) is 23.8. The maximum atomic E-state index is 12.7. The first kappa shape index (κ1) is 24.8. The molecule has 0 radical (unpaired) electrons. The number of methoxy groups -OCH3 is 1. The molecule has 2 rings (SSSR count). The number of ether oxygens (including phenoxy) is 1. The zero-order valence-corrected chi connectivity index (χ0v) is 20.8. The SMILES string of the molecule is COC(=O)CCCCCCc1ccc(C2CC(O[Si](C)(C)C(C)(C)C)CC2=O)cc1. The number of hydrogen-bond acceptors (Lipinski definition) is 4. The van der Waals surface area contributed by atoms with Gasteiger partial charge in [-0.15, -0.1) is 0 Å². The van der Waals surface area contributed by atoms with Crippen molar-refractivity contribution >= 4 is 20.1 Å². The number of unbranched alkanes of at least 4 members (excludes halogenated alkanes) is 3. The van der Waals surface area contributed by atoms with Crippen molar-refractivity contribution in [1.29, 1.82) is 0 Å². The summed E-state index contributed by atoms with van der Waals surface area (Å²) in [5.74, 6) is 0.174. The molecular formula is C25H40O4Si. The molecule has 1 aromatic rings. The molecule has 0 heterocycles. The molecule has 0 aliphatic heterocycles. The number of rotatable bonds is 10. The molecule has 2 atom stereocenters. The number of aryl methyl sites for hydroxylation is 1. The van der Waals surface area contributed by atoms with E-state index in [1.54, 1.807) is 0 Å². The van der Waals surface area contributed by atoms with E-state index in [-0.39, 0.29) is 23.0 Å². The average molecular weight is 433 g/mol. The fraction of sp³-hybridized carbons (Fsp3) is 0.680. The van der Waals surface area contributed by atoms with Crippen molar-refractivity contribution < 1.29 is 18.8 Å². The minimum Gasteiger partial charge on any atom is -0.469 e. The molecule has 30 heavy (non-hydrogen) atoms. The zero-order valence-electron chi connectivity index (χ0n) is 19.8. The molecular weight excluding hydrogens is 392 g/mol. The van der Waals surface area contributed by atoms with Gasteiger partial charge in [-0.2, -0.15) is 0 Å². The second-order valence-corrected chi connectivity index (χ2v) is 14.9.